The Bertz CT molecular complexity index is 768. The average molecular weight is 364 g/mol. The Morgan fingerprint density at radius 3 is 2.85 bits per heavy atom. The quantitative estimate of drug-likeness (QED) is 0.855. The van der Waals surface area contributed by atoms with Crippen LogP contribution in [0.2, 0.25) is 0 Å². The summed E-state index contributed by atoms with van der Waals surface area (Å²) >= 11 is 0. The monoisotopic (exact) mass is 364 g/mol. The van der Waals surface area contributed by atoms with Crippen molar-refractivity contribution < 1.29 is 4.79 Å². The summed E-state index contributed by atoms with van der Waals surface area (Å²) in [5, 5.41) is 3.05. The maximum Gasteiger partial charge on any atom is 0.270 e. The minimum Gasteiger partial charge on any atom is -0.350 e. The molecule has 1 aromatic carbocycles. The van der Waals surface area contributed by atoms with E-state index in [4.69, 9.17) is 0 Å². The third kappa shape index (κ3) is 6.00. The SMILES string of the molecule is Cc1cc(C(=O)NCC2CCCN(C/C=C/c3ccccc3)C2)nc(C)n1. The second-order valence-corrected chi connectivity index (χ2v) is 7.23. The van der Waals surface area contributed by atoms with Crippen molar-refractivity contribution in [3.05, 3.63) is 65.2 Å². The minimum atomic E-state index is -0.107. The van der Waals surface area contributed by atoms with E-state index >= 15 is 0 Å². The maximum atomic E-state index is 12.4. The molecule has 0 spiro atoms. The van der Waals surface area contributed by atoms with Gasteiger partial charge in [-0.2, -0.15) is 0 Å². The normalized spacial score (nSPS) is 17.9. The lowest BCUT2D eigenvalue weighted by Gasteiger charge is -2.32. The van der Waals surface area contributed by atoms with Crippen molar-refractivity contribution in [2.75, 3.05) is 26.2 Å². The summed E-state index contributed by atoms with van der Waals surface area (Å²) in [6.45, 7) is 7.47. The van der Waals surface area contributed by atoms with Gasteiger partial charge in [-0.05, 0) is 50.8 Å². The van der Waals surface area contributed by atoms with Crippen LogP contribution in [0.15, 0.2) is 42.5 Å². The molecule has 3 rings (SSSR count). The van der Waals surface area contributed by atoms with Gasteiger partial charge >= 0.3 is 0 Å². The van der Waals surface area contributed by atoms with E-state index in [-0.39, 0.29) is 5.91 Å². The smallest absolute Gasteiger partial charge is 0.270 e. The maximum absolute atomic E-state index is 12.4. The van der Waals surface area contributed by atoms with Crippen molar-refractivity contribution in [1.82, 2.24) is 20.2 Å². The highest BCUT2D eigenvalue weighted by molar-refractivity contribution is 5.92. The van der Waals surface area contributed by atoms with Crippen LogP contribution in [0.5, 0.6) is 0 Å². The fourth-order valence-corrected chi connectivity index (χ4v) is 3.55. The first-order valence-electron chi connectivity index (χ1n) is 9.64. The van der Waals surface area contributed by atoms with Crippen molar-refractivity contribution in [1.29, 1.82) is 0 Å². The highest BCUT2D eigenvalue weighted by Gasteiger charge is 2.20. The predicted octanol–water partition coefficient (Wildman–Crippen LogP) is 3.25. The molecule has 1 aromatic heterocycles. The Morgan fingerprint density at radius 1 is 1.26 bits per heavy atom. The van der Waals surface area contributed by atoms with E-state index in [1.807, 2.05) is 19.9 Å². The molecule has 5 heteroatoms. The number of nitrogens with one attached hydrogen (secondary N) is 1. The first-order valence-corrected chi connectivity index (χ1v) is 9.64. The Kier molecular flexibility index (Phi) is 6.71. The molecule has 1 aliphatic heterocycles. The Hall–Kier alpha value is -2.53. The number of hydrogen-bond acceptors (Lipinski definition) is 4. The van der Waals surface area contributed by atoms with Gasteiger partial charge in [0.15, 0.2) is 0 Å². The van der Waals surface area contributed by atoms with E-state index in [1.54, 1.807) is 6.07 Å². The van der Waals surface area contributed by atoms with Gasteiger partial charge in [-0.1, -0.05) is 42.5 Å². The molecule has 142 valence electrons. The van der Waals surface area contributed by atoms with Crippen LogP contribution in [0.25, 0.3) is 6.08 Å². The zero-order valence-corrected chi connectivity index (χ0v) is 16.2. The molecule has 1 amide bonds. The summed E-state index contributed by atoms with van der Waals surface area (Å²) in [4.78, 5) is 23.3. The Labute approximate surface area is 161 Å². The molecule has 0 bridgehead atoms. The molecular weight excluding hydrogens is 336 g/mol. The number of hydrogen-bond donors (Lipinski definition) is 1. The van der Waals surface area contributed by atoms with Crippen LogP contribution in [0.1, 0.15) is 40.4 Å². The van der Waals surface area contributed by atoms with Gasteiger partial charge in [0.25, 0.3) is 5.91 Å². The largest absolute Gasteiger partial charge is 0.350 e. The van der Waals surface area contributed by atoms with Crippen molar-refractivity contribution in [3.8, 4) is 0 Å². The molecule has 2 aromatic rings. The molecule has 0 radical (unpaired) electrons. The van der Waals surface area contributed by atoms with Gasteiger partial charge in [-0.15, -0.1) is 0 Å². The predicted molar refractivity (Wildman–Crippen MR) is 108 cm³/mol. The summed E-state index contributed by atoms with van der Waals surface area (Å²) in [7, 11) is 0. The first-order chi connectivity index (χ1) is 13.1. The van der Waals surface area contributed by atoms with Crippen molar-refractivity contribution in [3.63, 3.8) is 0 Å². The number of benzene rings is 1. The second-order valence-electron chi connectivity index (χ2n) is 7.23. The fourth-order valence-electron chi connectivity index (χ4n) is 3.55. The highest BCUT2D eigenvalue weighted by Crippen LogP contribution is 2.16. The molecule has 1 aliphatic rings. The Morgan fingerprint density at radius 2 is 2.07 bits per heavy atom. The van der Waals surface area contributed by atoms with Gasteiger partial charge in [-0.3, -0.25) is 9.69 Å². The third-order valence-electron chi connectivity index (χ3n) is 4.83. The molecule has 1 unspecified atom stereocenters. The van der Waals surface area contributed by atoms with Crippen LogP contribution in [0.4, 0.5) is 0 Å². The minimum absolute atomic E-state index is 0.107. The fraction of sp³-hybridized carbons (Fsp3) is 0.409. The summed E-state index contributed by atoms with van der Waals surface area (Å²) < 4.78 is 0. The van der Waals surface area contributed by atoms with Crippen LogP contribution in [0, 0.1) is 19.8 Å². The summed E-state index contributed by atoms with van der Waals surface area (Å²) in [6.07, 6.45) is 6.72. The number of carbonyl (C=O) groups is 1. The van der Waals surface area contributed by atoms with Crippen LogP contribution >= 0.6 is 0 Å². The second kappa shape index (κ2) is 9.42. The summed E-state index contributed by atoms with van der Waals surface area (Å²) in [5.41, 5.74) is 2.51. The Balaban J connectivity index is 1.46. The number of likely N-dealkylation sites (tertiary alicyclic amines) is 1. The molecule has 27 heavy (non-hydrogen) atoms. The topological polar surface area (TPSA) is 58.1 Å². The summed E-state index contributed by atoms with van der Waals surface area (Å²) in [6, 6.07) is 12.1. The van der Waals surface area contributed by atoms with Gasteiger partial charge in [0.1, 0.15) is 11.5 Å². The van der Waals surface area contributed by atoms with E-state index in [2.05, 4.69) is 56.6 Å². The molecule has 1 fully saturated rings. The molecule has 1 N–H and O–H groups in total. The van der Waals surface area contributed by atoms with Crippen LogP contribution in [-0.2, 0) is 0 Å². The molecule has 1 saturated heterocycles. The molecule has 5 nitrogen and oxygen atoms in total. The lowest BCUT2D eigenvalue weighted by Crippen LogP contribution is -2.41. The standard InChI is InChI=1S/C22H28N4O/c1-17-14-21(25-18(2)24-17)22(27)23-15-20-11-7-13-26(16-20)12-6-10-19-8-4-3-5-9-19/h3-6,8-10,14,20H,7,11-13,15-16H2,1-2H3,(H,23,27)/b10-6+. The molecule has 2 heterocycles. The van der Waals surface area contributed by atoms with Gasteiger partial charge in [0.05, 0.1) is 0 Å². The number of aryl methyl sites for hydroxylation is 2. The zero-order chi connectivity index (χ0) is 19.1. The average Bonchev–Trinajstić information content (AvgIpc) is 2.66. The van der Waals surface area contributed by atoms with E-state index in [9.17, 15) is 4.79 Å². The van der Waals surface area contributed by atoms with Gasteiger partial charge in [0, 0.05) is 25.3 Å². The van der Waals surface area contributed by atoms with Gasteiger partial charge in [-0.25, -0.2) is 9.97 Å². The number of aromatic nitrogens is 2. The van der Waals surface area contributed by atoms with Crippen LogP contribution in [-0.4, -0.2) is 47.0 Å². The number of nitrogens with zero attached hydrogens (tertiary/aromatic N) is 3. The zero-order valence-electron chi connectivity index (χ0n) is 16.2. The van der Waals surface area contributed by atoms with Crippen molar-refractivity contribution >= 4 is 12.0 Å². The molecular formula is C22H28N4O. The number of piperidine rings is 1. The third-order valence-corrected chi connectivity index (χ3v) is 4.83. The number of carbonyl (C=O) groups excluding carboxylic acids is 1. The van der Waals surface area contributed by atoms with Crippen LogP contribution < -0.4 is 5.32 Å². The van der Waals surface area contributed by atoms with Crippen molar-refractivity contribution in [2.45, 2.75) is 26.7 Å². The lowest BCUT2D eigenvalue weighted by atomic mass is 9.98. The van der Waals surface area contributed by atoms with Crippen molar-refractivity contribution in [2.24, 2.45) is 5.92 Å². The number of rotatable bonds is 6. The first kappa shape index (κ1) is 19.2. The van der Waals surface area contributed by atoms with Gasteiger partial charge in [0.2, 0.25) is 0 Å². The molecule has 0 aliphatic carbocycles. The summed E-state index contributed by atoms with van der Waals surface area (Å²) in [5.74, 6) is 1.01. The molecule has 0 saturated carbocycles. The van der Waals surface area contributed by atoms with E-state index < -0.39 is 0 Å². The highest BCUT2D eigenvalue weighted by atomic mass is 16.1. The van der Waals surface area contributed by atoms with E-state index in [0.717, 1.165) is 31.7 Å². The van der Waals surface area contributed by atoms with Gasteiger partial charge < -0.3 is 5.32 Å². The lowest BCUT2D eigenvalue weighted by molar-refractivity contribution is 0.0929. The van der Waals surface area contributed by atoms with E-state index in [0.29, 0.717) is 24.0 Å². The van der Waals surface area contributed by atoms with E-state index in [1.165, 1.54) is 12.0 Å². The molecule has 1 atom stereocenters. The number of amides is 1. The van der Waals surface area contributed by atoms with Crippen LogP contribution in [0.3, 0.4) is 0 Å².